The highest BCUT2D eigenvalue weighted by molar-refractivity contribution is 7.15. The molecule has 1 aliphatic heterocycles. The molecule has 3 rings (SSSR count). The summed E-state index contributed by atoms with van der Waals surface area (Å²) in [6, 6.07) is 8.87. The zero-order valence-corrected chi connectivity index (χ0v) is 16.4. The number of ether oxygens (including phenoxy) is 2. The second-order valence-corrected chi connectivity index (χ2v) is 8.14. The third-order valence-electron chi connectivity index (χ3n) is 4.63. The molecule has 0 saturated carbocycles. The summed E-state index contributed by atoms with van der Waals surface area (Å²) in [6.45, 7) is 8.85. The van der Waals surface area contributed by atoms with Crippen LogP contribution in [0.15, 0.2) is 42.7 Å². The van der Waals surface area contributed by atoms with E-state index in [-0.39, 0.29) is 11.5 Å². The maximum absolute atomic E-state index is 12.8. The molecule has 0 aliphatic carbocycles. The smallest absolute Gasteiger partial charge is 0.337 e. The predicted octanol–water partition coefficient (Wildman–Crippen LogP) is 4.05. The largest absolute Gasteiger partial charge is 0.477 e. The zero-order chi connectivity index (χ0) is 19.9. The lowest BCUT2D eigenvalue weighted by Crippen LogP contribution is -2.47. The topological polar surface area (TPSA) is 69.7 Å². The predicted molar refractivity (Wildman–Crippen MR) is 103 cm³/mol. The van der Waals surface area contributed by atoms with Gasteiger partial charge in [-0.3, -0.25) is 9.59 Å². The number of hydrogen-bond acceptors (Lipinski definition) is 6. The number of rotatable bonds is 3. The van der Waals surface area contributed by atoms with Gasteiger partial charge in [-0.1, -0.05) is 18.7 Å². The van der Waals surface area contributed by atoms with Crippen molar-refractivity contribution in [3.05, 3.63) is 58.7 Å². The number of methoxy groups -OCH3 is 1. The second-order valence-electron chi connectivity index (χ2n) is 6.89. The molecule has 2 aromatic rings. The van der Waals surface area contributed by atoms with Crippen molar-refractivity contribution in [2.75, 3.05) is 7.11 Å². The maximum Gasteiger partial charge on any atom is 0.337 e. The van der Waals surface area contributed by atoms with Crippen molar-refractivity contribution < 1.29 is 23.9 Å². The van der Waals surface area contributed by atoms with Crippen LogP contribution in [0.2, 0.25) is 0 Å². The van der Waals surface area contributed by atoms with E-state index in [9.17, 15) is 14.4 Å². The van der Waals surface area contributed by atoms with Crippen molar-refractivity contribution in [2.24, 2.45) is 0 Å². The molecular formula is C21H20O5S. The highest BCUT2D eigenvalue weighted by Crippen LogP contribution is 2.41. The van der Waals surface area contributed by atoms with E-state index in [0.29, 0.717) is 11.1 Å². The quantitative estimate of drug-likeness (QED) is 0.454. The lowest BCUT2D eigenvalue weighted by Gasteiger charge is -2.34. The van der Waals surface area contributed by atoms with E-state index in [1.165, 1.54) is 18.4 Å². The minimum atomic E-state index is -1.09. The molecule has 5 nitrogen and oxygen atoms in total. The van der Waals surface area contributed by atoms with Gasteiger partial charge in [-0.2, -0.15) is 0 Å². The normalized spacial score (nSPS) is 19.0. The molecule has 1 unspecified atom stereocenters. The van der Waals surface area contributed by atoms with E-state index in [2.05, 4.69) is 6.58 Å². The molecule has 140 valence electrons. The molecule has 1 fully saturated rings. The van der Waals surface area contributed by atoms with Gasteiger partial charge in [0.15, 0.2) is 17.1 Å². The number of allylic oxidation sites excluding steroid dienone is 1. The van der Waals surface area contributed by atoms with Crippen LogP contribution in [0.5, 0.6) is 0 Å². The molecule has 1 saturated heterocycles. The Labute approximate surface area is 161 Å². The first-order chi connectivity index (χ1) is 12.7. The summed E-state index contributed by atoms with van der Waals surface area (Å²) in [5.74, 6) is -1.95. The average molecular weight is 384 g/mol. The van der Waals surface area contributed by atoms with Crippen molar-refractivity contribution in [3.8, 4) is 10.4 Å². The van der Waals surface area contributed by atoms with Gasteiger partial charge in [0, 0.05) is 9.75 Å². The van der Waals surface area contributed by atoms with Crippen LogP contribution >= 0.6 is 11.3 Å². The summed E-state index contributed by atoms with van der Waals surface area (Å²) in [5, 5.41) is 0. The maximum atomic E-state index is 12.8. The van der Waals surface area contributed by atoms with Crippen LogP contribution in [0.25, 0.3) is 10.4 Å². The molecular weight excluding hydrogens is 364 g/mol. The van der Waals surface area contributed by atoms with Crippen molar-refractivity contribution >= 4 is 28.9 Å². The highest BCUT2D eigenvalue weighted by Gasteiger charge is 2.47. The fourth-order valence-electron chi connectivity index (χ4n) is 3.13. The summed E-state index contributed by atoms with van der Waals surface area (Å²) in [4.78, 5) is 38.8. The summed E-state index contributed by atoms with van der Waals surface area (Å²) < 4.78 is 10.1. The lowest BCUT2D eigenvalue weighted by atomic mass is 9.80. The Balaban J connectivity index is 1.99. The number of hydrogen-bond donors (Lipinski definition) is 0. The van der Waals surface area contributed by atoms with Crippen LogP contribution in [0, 0.1) is 6.92 Å². The van der Waals surface area contributed by atoms with Crippen molar-refractivity contribution in [2.45, 2.75) is 32.3 Å². The van der Waals surface area contributed by atoms with Crippen molar-refractivity contribution in [1.29, 1.82) is 0 Å². The third-order valence-corrected chi connectivity index (χ3v) is 5.74. The number of benzene rings is 1. The minimum absolute atomic E-state index is 0.0131. The molecule has 27 heavy (non-hydrogen) atoms. The van der Waals surface area contributed by atoms with Gasteiger partial charge in [0.2, 0.25) is 5.78 Å². The van der Waals surface area contributed by atoms with Gasteiger partial charge in [-0.25, -0.2) is 4.79 Å². The number of Topliss-reactive ketones (excluding diaryl/α,β-unsaturated/α-hetero) is 2. The first-order valence-electron chi connectivity index (χ1n) is 8.41. The Kier molecular flexibility index (Phi) is 4.78. The molecule has 0 bridgehead atoms. The molecule has 1 aromatic carbocycles. The number of carbonyl (C=O) groups is 3. The zero-order valence-electron chi connectivity index (χ0n) is 15.6. The molecule has 1 aromatic heterocycles. The average Bonchev–Trinajstić information content (AvgIpc) is 3.01. The SMILES string of the molecule is C=C1OC(C)(C)C(=O)C(c2cc(-c3ccc(C(=O)OC)cc3)sc2C)C1=O. The van der Waals surface area contributed by atoms with Gasteiger partial charge in [-0.15, -0.1) is 11.3 Å². The van der Waals surface area contributed by atoms with Crippen LogP contribution in [0.4, 0.5) is 0 Å². The second kappa shape index (κ2) is 6.78. The number of esters is 1. The summed E-state index contributed by atoms with van der Waals surface area (Å²) in [6.07, 6.45) is 0. The minimum Gasteiger partial charge on any atom is -0.477 e. The Morgan fingerprint density at radius 3 is 2.44 bits per heavy atom. The van der Waals surface area contributed by atoms with Crippen LogP contribution in [0.3, 0.4) is 0 Å². The number of ketones is 2. The molecule has 2 heterocycles. The lowest BCUT2D eigenvalue weighted by molar-refractivity contribution is -0.150. The van der Waals surface area contributed by atoms with E-state index < -0.39 is 23.3 Å². The van der Waals surface area contributed by atoms with Crippen LogP contribution < -0.4 is 0 Å². The first kappa shape index (κ1) is 19.0. The Hall–Kier alpha value is -2.73. The van der Waals surface area contributed by atoms with Gasteiger partial charge in [0.1, 0.15) is 5.92 Å². The summed E-state index contributed by atoms with van der Waals surface area (Å²) >= 11 is 1.50. The van der Waals surface area contributed by atoms with Crippen LogP contribution in [-0.2, 0) is 19.1 Å². The van der Waals surface area contributed by atoms with Gasteiger partial charge in [0.05, 0.1) is 12.7 Å². The molecule has 6 heteroatoms. The molecule has 0 N–H and O–H groups in total. The van der Waals surface area contributed by atoms with E-state index in [1.54, 1.807) is 26.0 Å². The Morgan fingerprint density at radius 2 is 1.85 bits per heavy atom. The van der Waals surface area contributed by atoms with Gasteiger partial charge < -0.3 is 9.47 Å². The van der Waals surface area contributed by atoms with E-state index in [0.717, 1.165) is 15.3 Å². The fraction of sp³-hybridized carbons (Fsp3) is 0.286. The fourth-order valence-corrected chi connectivity index (χ4v) is 4.20. The van der Waals surface area contributed by atoms with E-state index in [1.807, 2.05) is 25.1 Å². The number of carbonyl (C=O) groups excluding carboxylic acids is 3. The van der Waals surface area contributed by atoms with Gasteiger partial charge >= 0.3 is 5.97 Å². The highest BCUT2D eigenvalue weighted by atomic mass is 32.1. The van der Waals surface area contributed by atoms with E-state index in [4.69, 9.17) is 9.47 Å². The van der Waals surface area contributed by atoms with Crippen molar-refractivity contribution in [3.63, 3.8) is 0 Å². The number of thiophene rings is 1. The standard InChI is InChI=1S/C21H20O5S/c1-11-18(22)17(19(23)21(3,4)26-11)15-10-16(27-12(15)2)13-6-8-14(9-7-13)20(24)25-5/h6-10,17H,1H2,2-5H3. The first-order valence-corrected chi connectivity index (χ1v) is 9.23. The van der Waals surface area contributed by atoms with Gasteiger partial charge in [0.25, 0.3) is 0 Å². The summed E-state index contributed by atoms with van der Waals surface area (Å²) in [5.41, 5.74) is 0.945. The monoisotopic (exact) mass is 384 g/mol. The van der Waals surface area contributed by atoms with E-state index >= 15 is 0 Å². The van der Waals surface area contributed by atoms with Gasteiger partial charge in [-0.05, 0) is 50.1 Å². The molecule has 1 aliphatic rings. The molecule has 1 atom stereocenters. The summed E-state index contributed by atoms with van der Waals surface area (Å²) in [7, 11) is 1.34. The molecule has 0 radical (unpaired) electrons. The molecule has 0 spiro atoms. The third kappa shape index (κ3) is 3.32. The molecule has 0 amide bonds. The van der Waals surface area contributed by atoms with Crippen molar-refractivity contribution in [1.82, 2.24) is 0 Å². The number of aryl methyl sites for hydroxylation is 1. The Bertz CT molecular complexity index is 949. The van der Waals surface area contributed by atoms with Crippen LogP contribution in [0.1, 0.15) is 40.6 Å². The van der Waals surface area contributed by atoms with Crippen LogP contribution in [-0.4, -0.2) is 30.2 Å². The Morgan fingerprint density at radius 1 is 1.22 bits per heavy atom.